The summed E-state index contributed by atoms with van der Waals surface area (Å²) in [6, 6.07) is 18.7. The number of hydrogen-bond donors (Lipinski definition) is 3. The number of rotatable bonds is 11. The normalized spacial score (nSPS) is 11.6. The van der Waals surface area contributed by atoms with Gasteiger partial charge in [0, 0.05) is 37.4 Å². The molecule has 0 aliphatic heterocycles. The number of hydrogen-bond acceptors (Lipinski definition) is 8. The Morgan fingerprint density at radius 3 is 2.69 bits per heavy atom. The number of methoxy groups -OCH3 is 1. The lowest BCUT2D eigenvalue weighted by molar-refractivity contribution is 0.108. The third-order valence-electron chi connectivity index (χ3n) is 4.60. The van der Waals surface area contributed by atoms with Crippen molar-refractivity contribution in [2.45, 2.75) is 6.10 Å². The lowest BCUT2D eigenvalue weighted by atomic mass is 10.1. The van der Waals surface area contributed by atoms with E-state index in [9.17, 15) is 10.4 Å². The van der Waals surface area contributed by atoms with Crippen LogP contribution in [0, 0.1) is 11.3 Å². The third-order valence-corrected chi connectivity index (χ3v) is 4.60. The molecule has 0 radical (unpaired) electrons. The molecule has 0 spiro atoms. The quantitative estimate of drug-likeness (QED) is 0.396. The van der Waals surface area contributed by atoms with Gasteiger partial charge in [-0.05, 0) is 31.3 Å². The minimum absolute atomic E-state index is 0.177. The Morgan fingerprint density at radius 1 is 1.09 bits per heavy atom. The van der Waals surface area contributed by atoms with Gasteiger partial charge in [0.05, 0.1) is 23.9 Å². The molecule has 1 atom stereocenters. The molecule has 8 nitrogen and oxygen atoms in total. The summed E-state index contributed by atoms with van der Waals surface area (Å²) in [5.41, 5.74) is 2.86. The molecule has 0 saturated heterocycles. The minimum Gasteiger partial charge on any atom is -0.491 e. The topological polar surface area (TPSA) is 112 Å². The molecule has 0 saturated carbocycles. The molecule has 0 aliphatic rings. The predicted octanol–water partition coefficient (Wildman–Crippen LogP) is 2.70. The van der Waals surface area contributed by atoms with Crippen LogP contribution in [0.3, 0.4) is 0 Å². The number of nitrogens with one attached hydrogen (secondary N) is 2. The highest BCUT2D eigenvalue weighted by atomic mass is 16.5. The molecular formula is C24H27N5O3. The maximum atomic E-state index is 9.89. The summed E-state index contributed by atoms with van der Waals surface area (Å²) in [7, 11) is 3.42. The first-order valence-electron chi connectivity index (χ1n) is 10.3. The molecular weight excluding hydrogens is 406 g/mol. The maximum absolute atomic E-state index is 9.89. The number of aliphatic hydroxyl groups is 1. The molecule has 3 rings (SSSR count). The fourth-order valence-corrected chi connectivity index (χ4v) is 3.06. The number of anilines is 1. The van der Waals surface area contributed by atoms with Gasteiger partial charge in [-0.15, -0.1) is 0 Å². The SMILES string of the molecule is CNCC(O)COc1cccc(-c2nc(NCCOC)cc(-c3cccc(C#N)c3)n2)c1. The summed E-state index contributed by atoms with van der Waals surface area (Å²) < 4.78 is 10.8. The molecule has 1 heterocycles. The molecule has 0 bridgehead atoms. The Morgan fingerprint density at radius 2 is 1.91 bits per heavy atom. The number of nitriles is 1. The molecule has 0 amide bonds. The number of aromatic nitrogens is 2. The maximum Gasteiger partial charge on any atom is 0.162 e. The average Bonchev–Trinajstić information content (AvgIpc) is 2.83. The van der Waals surface area contributed by atoms with Crippen molar-refractivity contribution in [3.8, 4) is 34.5 Å². The summed E-state index contributed by atoms with van der Waals surface area (Å²) >= 11 is 0. The van der Waals surface area contributed by atoms with Crippen molar-refractivity contribution in [1.29, 1.82) is 5.26 Å². The van der Waals surface area contributed by atoms with Crippen LogP contribution in [0.1, 0.15) is 5.56 Å². The number of aliphatic hydroxyl groups excluding tert-OH is 1. The Balaban J connectivity index is 1.93. The summed E-state index contributed by atoms with van der Waals surface area (Å²) in [6.45, 7) is 1.76. The molecule has 32 heavy (non-hydrogen) atoms. The first-order valence-corrected chi connectivity index (χ1v) is 10.3. The Hall–Kier alpha value is -3.51. The fourth-order valence-electron chi connectivity index (χ4n) is 3.06. The van der Waals surface area contributed by atoms with E-state index in [-0.39, 0.29) is 6.61 Å². The largest absolute Gasteiger partial charge is 0.491 e. The van der Waals surface area contributed by atoms with E-state index >= 15 is 0 Å². The van der Waals surface area contributed by atoms with Gasteiger partial charge >= 0.3 is 0 Å². The van der Waals surface area contributed by atoms with Gasteiger partial charge in [-0.25, -0.2) is 9.97 Å². The summed E-state index contributed by atoms with van der Waals surface area (Å²) in [6.07, 6.45) is -0.604. The molecule has 1 unspecified atom stereocenters. The van der Waals surface area contributed by atoms with E-state index in [0.29, 0.717) is 48.3 Å². The van der Waals surface area contributed by atoms with Gasteiger partial charge in [0.1, 0.15) is 24.3 Å². The molecule has 166 valence electrons. The van der Waals surface area contributed by atoms with Crippen LogP contribution in [-0.2, 0) is 4.74 Å². The number of nitrogens with zero attached hydrogens (tertiary/aromatic N) is 3. The second kappa shape index (κ2) is 11.8. The minimum atomic E-state index is -0.604. The van der Waals surface area contributed by atoms with Crippen LogP contribution in [-0.4, -0.2) is 61.6 Å². The van der Waals surface area contributed by atoms with E-state index < -0.39 is 6.10 Å². The molecule has 8 heteroatoms. The zero-order valence-corrected chi connectivity index (χ0v) is 18.2. The lowest BCUT2D eigenvalue weighted by Crippen LogP contribution is -2.29. The van der Waals surface area contributed by atoms with Crippen molar-refractivity contribution in [3.63, 3.8) is 0 Å². The average molecular weight is 434 g/mol. The molecule has 0 fully saturated rings. The molecule has 3 aromatic rings. The van der Waals surface area contributed by atoms with Gasteiger partial charge in [-0.1, -0.05) is 24.3 Å². The smallest absolute Gasteiger partial charge is 0.162 e. The predicted molar refractivity (Wildman–Crippen MR) is 123 cm³/mol. The van der Waals surface area contributed by atoms with Gasteiger partial charge in [-0.3, -0.25) is 0 Å². The van der Waals surface area contributed by atoms with Crippen LogP contribution in [0.15, 0.2) is 54.6 Å². The van der Waals surface area contributed by atoms with Crippen LogP contribution in [0.5, 0.6) is 5.75 Å². The summed E-state index contributed by atoms with van der Waals surface area (Å²) in [5.74, 6) is 1.79. The van der Waals surface area contributed by atoms with Gasteiger partial charge < -0.3 is 25.2 Å². The summed E-state index contributed by atoms with van der Waals surface area (Å²) in [5, 5.41) is 25.3. The van der Waals surface area contributed by atoms with Gasteiger partial charge in [0.25, 0.3) is 0 Å². The van der Waals surface area contributed by atoms with Gasteiger partial charge in [0.15, 0.2) is 5.82 Å². The van der Waals surface area contributed by atoms with Crippen LogP contribution < -0.4 is 15.4 Å². The highest BCUT2D eigenvalue weighted by molar-refractivity contribution is 5.69. The second-order valence-corrected chi connectivity index (χ2v) is 7.12. The van der Waals surface area contributed by atoms with E-state index in [1.54, 1.807) is 26.3 Å². The third kappa shape index (κ3) is 6.49. The van der Waals surface area contributed by atoms with Crippen LogP contribution in [0.2, 0.25) is 0 Å². The van der Waals surface area contributed by atoms with Gasteiger partial charge in [-0.2, -0.15) is 5.26 Å². The van der Waals surface area contributed by atoms with Crippen molar-refractivity contribution in [1.82, 2.24) is 15.3 Å². The Labute approximate surface area is 187 Å². The van der Waals surface area contributed by atoms with Crippen LogP contribution >= 0.6 is 0 Å². The Bertz CT molecular complexity index is 1070. The van der Waals surface area contributed by atoms with E-state index in [2.05, 4.69) is 21.7 Å². The number of ether oxygens (including phenoxy) is 2. The van der Waals surface area contributed by atoms with Crippen LogP contribution in [0.4, 0.5) is 5.82 Å². The van der Waals surface area contributed by atoms with Crippen LogP contribution in [0.25, 0.3) is 22.6 Å². The number of likely N-dealkylation sites (N-methyl/N-ethyl adjacent to an activating group) is 1. The van der Waals surface area contributed by atoms with Gasteiger partial charge in [0.2, 0.25) is 0 Å². The standard InChI is InChI=1S/C24H27N5O3/c1-26-15-20(30)16-32-21-8-4-7-19(12-21)24-28-22(13-23(29-24)27-9-10-31-2)18-6-3-5-17(11-18)14-25/h3-8,11-13,20,26,30H,9-10,15-16H2,1-2H3,(H,27,28,29). The molecule has 3 N–H and O–H groups in total. The first-order chi connectivity index (χ1) is 15.6. The Kier molecular flexibility index (Phi) is 8.52. The van der Waals surface area contributed by atoms with E-state index in [1.807, 2.05) is 42.5 Å². The zero-order valence-electron chi connectivity index (χ0n) is 18.2. The highest BCUT2D eigenvalue weighted by Gasteiger charge is 2.11. The zero-order chi connectivity index (χ0) is 22.8. The lowest BCUT2D eigenvalue weighted by Gasteiger charge is -2.13. The summed E-state index contributed by atoms with van der Waals surface area (Å²) in [4.78, 5) is 9.39. The van der Waals surface area contributed by atoms with E-state index in [0.717, 1.165) is 11.1 Å². The van der Waals surface area contributed by atoms with Crippen molar-refractivity contribution in [2.75, 3.05) is 45.8 Å². The molecule has 2 aromatic carbocycles. The monoisotopic (exact) mass is 433 g/mol. The first kappa shape index (κ1) is 23.2. The second-order valence-electron chi connectivity index (χ2n) is 7.12. The molecule has 0 aliphatic carbocycles. The fraction of sp³-hybridized carbons (Fsp3) is 0.292. The number of benzene rings is 2. The highest BCUT2D eigenvalue weighted by Crippen LogP contribution is 2.27. The molecule has 1 aromatic heterocycles. The van der Waals surface area contributed by atoms with Crippen molar-refractivity contribution in [2.24, 2.45) is 0 Å². The van der Waals surface area contributed by atoms with Crippen molar-refractivity contribution in [3.05, 3.63) is 60.2 Å². The van der Waals surface area contributed by atoms with Crippen molar-refractivity contribution < 1.29 is 14.6 Å². The van der Waals surface area contributed by atoms with E-state index in [1.165, 1.54) is 0 Å². The van der Waals surface area contributed by atoms with Crippen molar-refractivity contribution >= 4 is 5.82 Å². The van der Waals surface area contributed by atoms with E-state index in [4.69, 9.17) is 14.5 Å².